The first-order chi connectivity index (χ1) is 12.0. The average Bonchev–Trinajstić information content (AvgIpc) is 3.16. The molecule has 0 aliphatic heterocycles. The summed E-state index contributed by atoms with van der Waals surface area (Å²) in [6.07, 6.45) is 1.82. The van der Waals surface area contributed by atoms with Gasteiger partial charge < -0.3 is 14.3 Å². The van der Waals surface area contributed by atoms with Crippen LogP contribution < -0.4 is 4.74 Å². The average molecular weight is 344 g/mol. The molecule has 3 heterocycles. The first kappa shape index (κ1) is 17.1. The molecule has 0 bridgehead atoms. The zero-order chi connectivity index (χ0) is 18.0. The molecule has 132 valence electrons. The number of carbonyl (C=O) groups is 1. The molecule has 0 aliphatic carbocycles. The molecule has 1 N–H and O–H groups in total. The van der Waals surface area contributed by atoms with Gasteiger partial charge >= 0.3 is 0 Å². The molecule has 0 saturated carbocycles. The van der Waals surface area contributed by atoms with E-state index in [-0.39, 0.29) is 24.7 Å². The molecule has 3 rings (SSSR count). The second-order valence-electron chi connectivity index (χ2n) is 5.71. The van der Waals surface area contributed by atoms with Crippen LogP contribution in [-0.4, -0.2) is 43.7 Å². The van der Waals surface area contributed by atoms with E-state index in [2.05, 4.69) is 15.2 Å². The second-order valence-corrected chi connectivity index (χ2v) is 5.71. The fraction of sp³-hybridized carbons (Fsp3) is 0.412. The van der Waals surface area contributed by atoms with Crippen LogP contribution in [0.1, 0.15) is 47.2 Å². The molecular formula is C17H20N4O4. The molecule has 0 aliphatic rings. The number of aromatic nitrogens is 4. The van der Waals surface area contributed by atoms with Crippen molar-refractivity contribution in [3.63, 3.8) is 0 Å². The van der Waals surface area contributed by atoms with Crippen molar-refractivity contribution in [1.29, 1.82) is 0 Å². The quantitative estimate of drug-likeness (QED) is 0.655. The Kier molecular flexibility index (Phi) is 4.80. The van der Waals surface area contributed by atoms with Gasteiger partial charge in [-0.25, -0.2) is 4.98 Å². The van der Waals surface area contributed by atoms with E-state index in [4.69, 9.17) is 9.15 Å². The highest BCUT2D eigenvalue weighted by Crippen LogP contribution is 2.25. The Hall–Kier alpha value is -2.74. The molecule has 8 nitrogen and oxygen atoms in total. The van der Waals surface area contributed by atoms with E-state index in [0.29, 0.717) is 35.3 Å². The van der Waals surface area contributed by atoms with Crippen LogP contribution in [0.25, 0.3) is 5.65 Å². The number of imidazole rings is 1. The zero-order valence-corrected chi connectivity index (χ0v) is 14.4. The van der Waals surface area contributed by atoms with Gasteiger partial charge in [0.15, 0.2) is 17.2 Å². The first-order valence-corrected chi connectivity index (χ1v) is 8.09. The first-order valence-electron chi connectivity index (χ1n) is 8.09. The Labute approximate surface area is 144 Å². The Morgan fingerprint density at radius 2 is 2.20 bits per heavy atom. The summed E-state index contributed by atoms with van der Waals surface area (Å²) in [7, 11) is 0. The predicted octanol–water partition coefficient (Wildman–Crippen LogP) is 2.08. The Morgan fingerprint density at radius 1 is 1.40 bits per heavy atom. The lowest BCUT2D eigenvalue weighted by Gasteiger charge is -2.10. The number of Topliss-reactive ketones (excluding diaryl/α,β-unsaturated/α-hetero) is 1. The number of fused-ring (bicyclic) bond motifs is 1. The maximum Gasteiger partial charge on any atom is 0.222 e. The third-order valence-electron chi connectivity index (χ3n) is 3.90. The molecular weight excluding hydrogens is 324 g/mol. The van der Waals surface area contributed by atoms with Gasteiger partial charge in [0.2, 0.25) is 11.8 Å². The standard InChI is InChI=1S/C17H20N4O4/c1-4-24-14-6-5-7-21-15(10(2)18-16(14)21)13(23)8-12(9-22)17-20-19-11(3)25-17/h5-7,12,22H,4,8-9H2,1-3H3/t12-/m0/s1. The largest absolute Gasteiger partial charge is 0.490 e. The summed E-state index contributed by atoms with van der Waals surface area (Å²) in [5.74, 6) is 0.573. The number of pyridine rings is 1. The molecule has 3 aromatic rings. The van der Waals surface area contributed by atoms with E-state index >= 15 is 0 Å². The van der Waals surface area contributed by atoms with Crippen LogP contribution in [0, 0.1) is 13.8 Å². The lowest BCUT2D eigenvalue weighted by Crippen LogP contribution is -2.14. The van der Waals surface area contributed by atoms with Crippen molar-refractivity contribution >= 4 is 11.4 Å². The monoisotopic (exact) mass is 344 g/mol. The molecule has 0 saturated heterocycles. The van der Waals surface area contributed by atoms with Crippen LogP contribution in [0.5, 0.6) is 5.75 Å². The van der Waals surface area contributed by atoms with E-state index in [9.17, 15) is 9.90 Å². The Morgan fingerprint density at radius 3 is 2.84 bits per heavy atom. The van der Waals surface area contributed by atoms with Gasteiger partial charge in [-0.2, -0.15) is 0 Å². The molecule has 0 amide bonds. The lowest BCUT2D eigenvalue weighted by molar-refractivity contribution is 0.0946. The van der Waals surface area contributed by atoms with E-state index in [0.717, 1.165) is 0 Å². The highest BCUT2D eigenvalue weighted by molar-refractivity contribution is 5.97. The topological polar surface area (TPSA) is 103 Å². The Balaban J connectivity index is 1.94. The summed E-state index contributed by atoms with van der Waals surface area (Å²) in [5, 5.41) is 17.3. The van der Waals surface area contributed by atoms with Crippen LogP contribution in [0.15, 0.2) is 22.7 Å². The zero-order valence-electron chi connectivity index (χ0n) is 14.4. The molecule has 25 heavy (non-hydrogen) atoms. The fourth-order valence-corrected chi connectivity index (χ4v) is 2.79. The van der Waals surface area contributed by atoms with Gasteiger partial charge in [0.25, 0.3) is 0 Å². The highest BCUT2D eigenvalue weighted by atomic mass is 16.5. The minimum absolute atomic E-state index is 0.0473. The minimum Gasteiger partial charge on any atom is -0.490 e. The second kappa shape index (κ2) is 7.02. The van der Waals surface area contributed by atoms with Crippen LogP contribution in [0.2, 0.25) is 0 Å². The van der Waals surface area contributed by atoms with Gasteiger partial charge in [-0.1, -0.05) is 0 Å². The summed E-state index contributed by atoms with van der Waals surface area (Å²) < 4.78 is 12.6. The van der Waals surface area contributed by atoms with Crippen molar-refractivity contribution in [3.05, 3.63) is 41.5 Å². The SMILES string of the molecule is CCOc1cccn2c(C(=O)C[C@@H](CO)c3nnc(C)o3)c(C)nc12. The number of aryl methyl sites for hydroxylation is 2. The molecule has 8 heteroatoms. The maximum atomic E-state index is 12.9. The van der Waals surface area contributed by atoms with E-state index in [1.54, 1.807) is 30.5 Å². The molecule has 0 unspecified atom stereocenters. The number of carbonyl (C=O) groups excluding carboxylic acids is 1. The molecule has 0 fully saturated rings. The summed E-state index contributed by atoms with van der Waals surface area (Å²) in [6.45, 7) is 5.59. The van der Waals surface area contributed by atoms with Crippen LogP contribution in [-0.2, 0) is 0 Å². The van der Waals surface area contributed by atoms with Crippen LogP contribution in [0.3, 0.4) is 0 Å². The fourth-order valence-electron chi connectivity index (χ4n) is 2.79. The molecule has 0 spiro atoms. The van der Waals surface area contributed by atoms with E-state index in [1.807, 2.05) is 13.0 Å². The molecule has 0 aromatic carbocycles. The van der Waals surface area contributed by atoms with Gasteiger partial charge in [-0.05, 0) is 26.0 Å². The van der Waals surface area contributed by atoms with E-state index in [1.165, 1.54) is 0 Å². The van der Waals surface area contributed by atoms with Crippen LogP contribution in [0.4, 0.5) is 0 Å². The van der Waals surface area contributed by atoms with E-state index < -0.39 is 5.92 Å². The van der Waals surface area contributed by atoms with Gasteiger partial charge in [-0.15, -0.1) is 10.2 Å². The van der Waals surface area contributed by atoms with Crippen molar-refractivity contribution in [2.45, 2.75) is 33.1 Å². The third kappa shape index (κ3) is 3.25. The summed E-state index contributed by atoms with van der Waals surface area (Å²) in [6, 6.07) is 3.62. The molecule has 1 atom stereocenters. The summed E-state index contributed by atoms with van der Waals surface area (Å²) >= 11 is 0. The summed E-state index contributed by atoms with van der Waals surface area (Å²) in [4.78, 5) is 17.3. The van der Waals surface area contributed by atoms with Crippen molar-refractivity contribution < 1.29 is 19.1 Å². The summed E-state index contributed by atoms with van der Waals surface area (Å²) in [5.41, 5.74) is 1.67. The van der Waals surface area contributed by atoms with Gasteiger partial charge in [0.1, 0.15) is 5.69 Å². The number of hydrogen-bond donors (Lipinski definition) is 1. The highest BCUT2D eigenvalue weighted by Gasteiger charge is 2.25. The van der Waals surface area contributed by atoms with Gasteiger partial charge in [0, 0.05) is 19.5 Å². The number of aliphatic hydroxyl groups is 1. The normalized spacial score (nSPS) is 12.5. The number of rotatable bonds is 7. The van der Waals surface area contributed by atoms with Crippen molar-refractivity contribution in [1.82, 2.24) is 19.6 Å². The van der Waals surface area contributed by atoms with Crippen LogP contribution >= 0.6 is 0 Å². The molecule has 3 aromatic heterocycles. The predicted molar refractivity (Wildman–Crippen MR) is 88.9 cm³/mol. The van der Waals surface area contributed by atoms with Gasteiger partial charge in [-0.3, -0.25) is 9.20 Å². The maximum absolute atomic E-state index is 12.9. The lowest BCUT2D eigenvalue weighted by atomic mass is 10.0. The van der Waals surface area contributed by atoms with Gasteiger partial charge in [0.05, 0.1) is 24.8 Å². The van der Waals surface area contributed by atoms with Crippen molar-refractivity contribution in [3.8, 4) is 5.75 Å². The number of ketones is 1. The number of nitrogens with zero attached hydrogens (tertiary/aromatic N) is 4. The number of ether oxygens (including phenoxy) is 1. The minimum atomic E-state index is -0.547. The number of aliphatic hydroxyl groups excluding tert-OH is 1. The molecule has 0 radical (unpaired) electrons. The van der Waals surface area contributed by atoms with Crippen molar-refractivity contribution in [2.24, 2.45) is 0 Å². The Bertz CT molecular complexity index is 899. The van der Waals surface area contributed by atoms with Crippen molar-refractivity contribution in [2.75, 3.05) is 13.2 Å². The third-order valence-corrected chi connectivity index (χ3v) is 3.90. The number of hydrogen-bond acceptors (Lipinski definition) is 7. The smallest absolute Gasteiger partial charge is 0.222 e.